The zero-order valence-corrected chi connectivity index (χ0v) is 19.6. The lowest BCUT2D eigenvalue weighted by atomic mass is 10.1. The average molecular weight is 509 g/mol. The summed E-state index contributed by atoms with van der Waals surface area (Å²) < 4.78 is 14.1. The predicted octanol–water partition coefficient (Wildman–Crippen LogP) is 4.35. The van der Waals surface area contributed by atoms with Gasteiger partial charge in [0.05, 0.1) is 24.2 Å². The fraction of sp³-hybridized carbons (Fsp3) is 0.381. The Morgan fingerprint density at radius 1 is 1.47 bits per heavy atom. The molecule has 6 nitrogen and oxygen atoms in total. The van der Waals surface area contributed by atoms with E-state index in [9.17, 15) is 9.59 Å². The van der Waals surface area contributed by atoms with Crippen molar-refractivity contribution in [1.82, 2.24) is 9.47 Å². The largest absolute Gasteiger partial charge is 0.465 e. The van der Waals surface area contributed by atoms with Crippen LogP contribution in [0.15, 0.2) is 33.8 Å². The van der Waals surface area contributed by atoms with Crippen LogP contribution in [0.25, 0.3) is 17.0 Å². The van der Waals surface area contributed by atoms with E-state index in [0.29, 0.717) is 22.4 Å². The number of carbonyl (C=O) groups excluding carboxylic acids is 2. The third-order valence-corrected chi connectivity index (χ3v) is 6.92. The minimum Gasteiger partial charge on any atom is -0.465 e. The molecule has 0 aliphatic carbocycles. The van der Waals surface area contributed by atoms with E-state index in [1.165, 1.54) is 11.8 Å². The maximum Gasteiger partial charge on any atom is 0.325 e. The van der Waals surface area contributed by atoms with Crippen LogP contribution in [0.3, 0.4) is 0 Å². The first-order valence-corrected chi connectivity index (χ1v) is 11.8. The second-order valence-electron chi connectivity index (χ2n) is 7.11. The molecule has 4 rings (SSSR count). The van der Waals surface area contributed by atoms with Crippen LogP contribution in [-0.4, -0.2) is 51.5 Å². The molecule has 9 heteroatoms. The van der Waals surface area contributed by atoms with Crippen LogP contribution < -0.4 is 0 Å². The quantitative estimate of drug-likeness (QED) is 0.328. The number of ether oxygens (including phenoxy) is 2. The number of rotatable bonds is 6. The summed E-state index contributed by atoms with van der Waals surface area (Å²) in [5.41, 5.74) is 1.75. The number of halogens is 1. The molecule has 0 spiro atoms. The van der Waals surface area contributed by atoms with Gasteiger partial charge in [-0.15, -0.1) is 0 Å². The molecule has 0 unspecified atom stereocenters. The van der Waals surface area contributed by atoms with E-state index >= 15 is 0 Å². The van der Waals surface area contributed by atoms with E-state index in [0.717, 1.165) is 40.4 Å². The van der Waals surface area contributed by atoms with Crippen molar-refractivity contribution in [2.24, 2.45) is 0 Å². The van der Waals surface area contributed by atoms with Crippen LogP contribution in [0.1, 0.15) is 25.3 Å². The standard InChI is InChI=1S/C21H21BrN2O4S2/c1-2-27-19(25)12-23-10-13(16-9-14(22)5-6-17(16)23)8-18-20(26)24(21(29)30-18)11-15-4-3-7-28-15/h5-6,8-10,15H,2-4,7,11-12H2,1H3/b18-8-/t15-/m1/s1. The van der Waals surface area contributed by atoms with Gasteiger partial charge in [-0.3, -0.25) is 14.5 Å². The van der Waals surface area contributed by atoms with Crippen LogP contribution in [0.4, 0.5) is 0 Å². The average Bonchev–Trinajstić information content (AvgIpc) is 3.39. The van der Waals surface area contributed by atoms with Crippen molar-refractivity contribution in [3.63, 3.8) is 0 Å². The van der Waals surface area contributed by atoms with Gasteiger partial charge in [-0.2, -0.15) is 0 Å². The molecule has 1 atom stereocenters. The summed E-state index contributed by atoms with van der Waals surface area (Å²) in [6.07, 6.45) is 5.75. The maximum atomic E-state index is 13.0. The molecule has 2 aliphatic heterocycles. The summed E-state index contributed by atoms with van der Waals surface area (Å²) in [7, 11) is 0. The Morgan fingerprint density at radius 2 is 2.30 bits per heavy atom. The van der Waals surface area contributed by atoms with Crippen LogP contribution in [-0.2, 0) is 25.6 Å². The van der Waals surface area contributed by atoms with Gasteiger partial charge in [0.25, 0.3) is 5.91 Å². The highest BCUT2D eigenvalue weighted by Gasteiger charge is 2.34. The lowest BCUT2D eigenvalue weighted by molar-refractivity contribution is -0.143. The highest BCUT2D eigenvalue weighted by molar-refractivity contribution is 9.10. The van der Waals surface area contributed by atoms with E-state index in [-0.39, 0.29) is 24.5 Å². The lowest BCUT2D eigenvalue weighted by Crippen LogP contribution is -2.35. The van der Waals surface area contributed by atoms with Crippen molar-refractivity contribution < 1.29 is 19.1 Å². The molecule has 30 heavy (non-hydrogen) atoms. The number of amides is 1. The number of thioether (sulfide) groups is 1. The number of esters is 1. The summed E-state index contributed by atoms with van der Waals surface area (Å²) in [6.45, 7) is 3.47. The Kier molecular flexibility index (Phi) is 6.62. The molecule has 2 saturated heterocycles. The molecule has 158 valence electrons. The van der Waals surface area contributed by atoms with Gasteiger partial charge in [-0.25, -0.2) is 0 Å². The van der Waals surface area contributed by atoms with Crippen LogP contribution in [0, 0.1) is 0 Å². The molecular formula is C21H21BrN2O4S2. The van der Waals surface area contributed by atoms with E-state index < -0.39 is 0 Å². The zero-order chi connectivity index (χ0) is 21.3. The first kappa shape index (κ1) is 21.5. The number of nitrogens with zero attached hydrogens (tertiary/aromatic N) is 2. The van der Waals surface area contributed by atoms with Crippen LogP contribution in [0.5, 0.6) is 0 Å². The number of hydrogen-bond donors (Lipinski definition) is 0. The molecule has 0 bridgehead atoms. The van der Waals surface area contributed by atoms with Crippen molar-refractivity contribution in [3.8, 4) is 0 Å². The van der Waals surface area contributed by atoms with E-state index in [1.54, 1.807) is 11.8 Å². The van der Waals surface area contributed by atoms with Gasteiger partial charge in [0, 0.05) is 33.7 Å². The summed E-state index contributed by atoms with van der Waals surface area (Å²) >= 11 is 10.3. The third kappa shape index (κ3) is 4.49. The minimum absolute atomic E-state index is 0.0503. The molecule has 1 amide bonds. The lowest BCUT2D eigenvalue weighted by Gasteiger charge is -2.18. The molecule has 2 fully saturated rings. The normalized spacial score (nSPS) is 20.7. The molecule has 2 aromatic rings. The van der Waals surface area contributed by atoms with Gasteiger partial charge in [0.15, 0.2) is 0 Å². The van der Waals surface area contributed by atoms with Crippen molar-refractivity contribution in [2.45, 2.75) is 32.4 Å². The first-order chi connectivity index (χ1) is 14.5. The van der Waals surface area contributed by atoms with Crippen molar-refractivity contribution >= 4 is 73.1 Å². The summed E-state index contributed by atoms with van der Waals surface area (Å²) in [5.74, 6) is -0.395. The number of aromatic nitrogens is 1. The first-order valence-electron chi connectivity index (χ1n) is 9.77. The maximum absolute atomic E-state index is 13.0. The summed E-state index contributed by atoms with van der Waals surface area (Å²) in [5, 5.41) is 0.943. The Balaban J connectivity index is 1.64. The molecule has 0 radical (unpaired) electrons. The Morgan fingerprint density at radius 3 is 3.03 bits per heavy atom. The second kappa shape index (κ2) is 9.21. The number of benzene rings is 1. The van der Waals surface area contributed by atoms with Gasteiger partial charge < -0.3 is 14.0 Å². The predicted molar refractivity (Wildman–Crippen MR) is 125 cm³/mol. The molecule has 1 aromatic carbocycles. The minimum atomic E-state index is -0.299. The fourth-order valence-corrected chi connectivity index (χ4v) is 5.31. The SMILES string of the molecule is CCOC(=O)Cn1cc(/C=C2\SC(=S)N(C[C@H]3CCCO3)C2=O)c2cc(Br)ccc21. The van der Waals surface area contributed by atoms with Gasteiger partial charge in [-0.1, -0.05) is 39.9 Å². The Labute approximate surface area is 192 Å². The zero-order valence-electron chi connectivity index (χ0n) is 16.4. The van der Waals surface area contributed by atoms with Crippen molar-refractivity contribution in [2.75, 3.05) is 19.8 Å². The van der Waals surface area contributed by atoms with Gasteiger partial charge in [-0.05, 0) is 44.0 Å². The Hall–Kier alpha value is -1.68. The van der Waals surface area contributed by atoms with Gasteiger partial charge in [0.1, 0.15) is 10.9 Å². The molecule has 1 aromatic heterocycles. The van der Waals surface area contributed by atoms with Crippen molar-refractivity contribution in [3.05, 3.63) is 39.3 Å². The number of thiocarbonyl (C=S) groups is 1. The van der Waals surface area contributed by atoms with Gasteiger partial charge >= 0.3 is 5.97 Å². The number of fused-ring (bicyclic) bond motifs is 1. The van der Waals surface area contributed by atoms with E-state index in [2.05, 4.69) is 15.9 Å². The molecule has 0 N–H and O–H groups in total. The summed E-state index contributed by atoms with van der Waals surface area (Å²) in [4.78, 5) is 27.2. The van der Waals surface area contributed by atoms with E-state index in [1.807, 2.05) is 35.0 Å². The van der Waals surface area contributed by atoms with Crippen LogP contribution >= 0.6 is 39.9 Å². The van der Waals surface area contributed by atoms with Crippen molar-refractivity contribution in [1.29, 1.82) is 0 Å². The summed E-state index contributed by atoms with van der Waals surface area (Å²) in [6, 6.07) is 5.85. The third-order valence-electron chi connectivity index (χ3n) is 5.05. The fourth-order valence-electron chi connectivity index (χ4n) is 3.68. The Bertz CT molecular complexity index is 1040. The molecule has 2 aliphatic rings. The van der Waals surface area contributed by atoms with E-state index in [4.69, 9.17) is 21.7 Å². The highest BCUT2D eigenvalue weighted by Crippen LogP contribution is 2.35. The number of hydrogen-bond acceptors (Lipinski definition) is 6. The van der Waals surface area contributed by atoms with Gasteiger partial charge in [0.2, 0.25) is 0 Å². The van der Waals surface area contributed by atoms with Crippen LogP contribution in [0.2, 0.25) is 0 Å². The monoisotopic (exact) mass is 508 g/mol. The molecule has 3 heterocycles. The number of carbonyl (C=O) groups is 2. The smallest absolute Gasteiger partial charge is 0.325 e. The molecule has 0 saturated carbocycles. The molecular weight excluding hydrogens is 488 g/mol. The second-order valence-corrected chi connectivity index (χ2v) is 9.70. The topological polar surface area (TPSA) is 60.8 Å². The highest BCUT2D eigenvalue weighted by atomic mass is 79.9.